The Morgan fingerprint density at radius 1 is 1.21 bits per heavy atom. The summed E-state index contributed by atoms with van der Waals surface area (Å²) in [5.41, 5.74) is 1.66. The van der Waals surface area contributed by atoms with E-state index in [2.05, 4.69) is 10.3 Å². The van der Waals surface area contributed by atoms with E-state index < -0.39 is 6.04 Å². The van der Waals surface area contributed by atoms with Gasteiger partial charge in [-0.1, -0.05) is 11.6 Å². The first-order chi connectivity index (χ1) is 11.6. The molecule has 0 aliphatic carbocycles. The number of hydrogen-bond donors (Lipinski definition) is 1. The number of pyridine rings is 1. The highest BCUT2D eigenvalue weighted by atomic mass is 35.5. The summed E-state index contributed by atoms with van der Waals surface area (Å²) in [5.74, 6) is -0.397. The average Bonchev–Trinajstić information content (AvgIpc) is 2.95. The topological polar surface area (TPSA) is 62.3 Å². The number of carbonyl (C=O) groups excluding carboxylic acids is 2. The van der Waals surface area contributed by atoms with Crippen molar-refractivity contribution in [2.24, 2.45) is 0 Å². The number of amides is 2. The van der Waals surface area contributed by atoms with Crippen molar-refractivity contribution >= 4 is 35.2 Å². The molecule has 1 atom stereocenters. The van der Waals surface area contributed by atoms with Gasteiger partial charge in [0.25, 0.3) is 0 Å². The number of rotatable bonds is 4. The van der Waals surface area contributed by atoms with Gasteiger partial charge in [-0.3, -0.25) is 14.6 Å². The van der Waals surface area contributed by atoms with Gasteiger partial charge < -0.3 is 10.2 Å². The van der Waals surface area contributed by atoms with Crippen LogP contribution in [0.3, 0.4) is 0 Å². The first kappa shape index (κ1) is 16.2. The highest BCUT2D eigenvalue weighted by molar-refractivity contribution is 6.30. The summed E-state index contributed by atoms with van der Waals surface area (Å²) in [6.45, 7) is 0.569. The fraction of sp³-hybridized carbons (Fsp3) is 0.167. The van der Waals surface area contributed by atoms with Crippen LogP contribution in [-0.4, -0.2) is 29.4 Å². The Bertz CT molecular complexity index is 760. The first-order valence-corrected chi connectivity index (χ1v) is 7.97. The van der Waals surface area contributed by atoms with Crippen molar-refractivity contribution in [1.82, 2.24) is 10.3 Å². The van der Waals surface area contributed by atoms with Crippen molar-refractivity contribution in [2.45, 2.75) is 12.5 Å². The van der Waals surface area contributed by atoms with Crippen LogP contribution in [-0.2, 0) is 9.59 Å². The second kappa shape index (κ2) is 7.27. The maximum Gasteiger partial charge on any atom is 0.249 e. The Hall–Kier alpha value is -2.66. The maximum absolute atomic E-state index is 12.4. The van der Waals surface area contributed by atoms with Crippen LogP contribution in [0.4, 0.5) is 5.69 Å². The Labute approximate surface area is 145 Å². The smallest absolute Gasteiger partial charge is 0.249 e. The maximum atomic E-state index is 12.4. The fourth-order valence-electron chi connectivity index (χ4n) is 2.56. The number of halogens is 1. The third-order valence-corrected chi connectivity index (χ3v) is 4.05. The van der Waals surface area contributed by atoms with Crippen LogP contribution < -0.4 is 10.2 Å². The van der Waals surface area contributed by atoms with E-state index in [1.54, 1.807) is 59.8 Å². The molecule has 5 nitrogen and oxygen atoms in total. The monoisotopic (exact) mass is 341 g/mol. The molecule has 1 saturated heterocycles. The number of hydrogen-bond acceptors (Lipinski definition) is 3. The molecule has 1 aliphatic heterocycles. The molecule has 0 unspecified atom stereocenters. The predicted octanol–water partition coefficient (Wildman–Crippen LogP) is 2.67. The third-order valence-electron chi connectivity index (χ3n) is 3.79. The van der Waals surface area contributed by atoms with Gasteiger partial charge in [-0.2, -0.15) is 0 Å². The molecular formula is C18H16ClN3O2. The summed E-state index contributed by atoms with van der Waals surface area (Å²) >= 11 is 5.87. The normalized spacial score (nSPS) is 17.5. The second-order valence-corrected chi connectivity index (χ2v) is 5.87. The van der Waals surface area contributed by atoms with E-state index >= 15 is 0 Å². The van der Waals surface area contributed by atoms with E-state index in [0.717, 1.165) is 11.3 Å². The van der Waals surface area contributed by atoms with Gasteiger partial charge in [-0.25, -0.2) is 0 Å². The highest BCUT2D eigenvalue weighted by Gasteiger charge is 2.33. The van der Waals surface area contributed by atoms with Gasteiger partial charge in [-0.05, 0) is 54.5 Å². The summed E-state index contributed by atoms with van der Waals surface area (Å²) in [7, 11) is 0. The molecular weight excluding hydrogens is 326 g/mol. The van der Waals surface area contributed by atoms with Gasteiger partial charge in [-0.15, -0.1) is 0 Å². The zero-order chi connectivity index (χ0) is 16.9. The minimum Gasteiger partial charge on any atom is -0.341 e. The lowest BCUT2D eigenvalue weighted by atomic mass is 10.2. The molecule has 122 valence electrons. The van der Waals surface area contributed by atoms with Crippen molar-refractivity contribution in [1.29, 1.82) is 0 Å². The van der Waals surface area contributed by atoms with E-state index in [4.69, 9.17) is 11.6 Å². The third kappa shape index (κ3) is 3.81. The van der Waals surface area contributed by atoms with Crippen molar-refractivity contribution in [3.8, 4) is 0 Å². The van der Waals surface area contributed by atoms with Crippen LogP contribution in [0.15, 0.2) is 54.9 Å². The van der Waals surface area contributed by atoms with Gasteiger partial charge in [0.2, 0.25) is 11.8 Å². The Kier molecular flexibility index (Phi) is 4.91. The minimum atomic E-state index is -0.504. The summed E-state index contributed by atoms with van der Waals surface area (Å²) < 4.78 is 0. The van der Waals surface area contributed by atoms with Crippen LogP contribution in [0.5, 0.6) is 0 Å². The number of carbonyl (C=O) groups is 2. The Balaban J connectivity index is 1.60. The molecule has 0 radical (unpaired) electrons. The van der Waals surface area contributed by atoms with Gasteiger partial charge >= 0.3 is 0 Å². The number of nitrogens with zero attached hydrogens (tertiary/aromatic N) is 2. The average molecular weight is 342 g/mol. The van der Waals surface area contributed by atoms with E-state index in [-0.39, 0.29) is 11.8 Å². The summed E-state index contributed by atoms with van der Waals surface area (Å²) in [4.78, 5) is 30.0. The molecule has 6 heteroatoms. The number of aromatic nitrogens is 1. The minimum absolute atomic E-state index is 0.108. The molecule has 1 aliphatic rings. The highest BCUT2D eigenvalue weighted by Crippen LogP contribution is 2.23. The lowest BCUT2D eigenvalue weighted by molar-refractivity contribution is -0.123. The van der Waals surface area contributed by atoms with Crippen LogP contribution in [0.1, 0.15) is 12.0 Å². The van der Waals surface area contributed by atoms with Crippen LogP contribution >= 0.6 is 11.6 Å². The zero-order valence-corrected chi connectivity index (χ0v) is 13.6. The van der Waals surface area contributed by atoms with Gasteiger partial charge in [0.1, 0.15) is 6.04 Å². The molecule has 0 spiro atoms. The van der Waals surface area contributed by atoms with Crippen molar-refractivity contribution in [2.75, 3.05) is 11.4 Å². The number of nitrogens with one attached hydrogen (secondary N) is 1. The standard InChI is InChI=1S/C18H16ClN3O2/c19-14-2-4-15(5-3-14)22-12-9-16(18(22)24)21-17(23)6-1-13-7-10-20-11-8-13/h1-8,10-11,16H,9,12H2,(H,21,23)/b6-1-/t16-/m0/s1. The quantitative estimate of drug-likeness (QED) is 0.870. The van der Waals surface area contributed by atoms with Gasteiger partial charge in [0, 0.05) is 35.7 Å². The molecule has 2 amide bonds. The van der Waals surface area contributed by atoms with E-state index in [1.165, 1.54) is 6.08 Å². The molecule has 0 saturated carbocycles. The molecule has 2 heterocycles. The Morgan fingerprint density at radius 3 is 2.62 bits per heavy atom. The van der Waals surface area contributed by atoms with E-state index in [9.17, 15) is 9.59 Å². The Morgan fingerprint density at radius 2 is 1.92 bits per heavy atom. The molecule has 2 aromatic rings. The fourth-order valence-corrected chi connectivity index (χ4v) is 2.68. The van der Waals surface area contributed by atoms with Gasteiger partial charge in [0.15, 0.2) is 0 Å². The van der Waals surface area contributed by atoms with Crippen LogP contribution in [0.25, 0.3) is 6.08 Å². The molecule has 24 heavy (non-hydrogen) atoms. The van der Waals surface area contributed by atoms with E-state index in [1.807, 2.05) is 0 Å². The molecule has 1 aromatic carbocycles. The first-order valence-electron chi connectivity index (χ1n) is 7.59. The number of benzene rings is 1. The van der Waals surface area contributed by atoms with Crippen molar-refractivity contribution in [3.05, 3.63) is 65.5 Å². The SMILES string of the molecule is O=C(/C=C\c1ccncc1)N[C@H]1CCN(c2ccc(Cl)cc2)C1=O. The molecule has 3 rings (SSSR count). The van der Waals surface area contributed by atoms with Crippen molar-refractivity contribution < 1.29 is 9.59 Å². The van der Waals surface area contributed by atoms with Crippen molar-refractivity contribution in [3.63, 3.8) is 0 Å². The van der Waals surface area contributed by atoms with Crippen LogP contribution in [0.2, 0.25) is 5.02 Å². The van der Waals surface area contributed by atoms with E-state index in [0.29, 0.717) is 18.0 Å². The summed E-state index contributed by atoms with van der Waals surface area (Å²) in [6, 6.07) is 10.2. The molecule has 0 bridgehead atoms. The number of anilines is 1. The molecule has 1 aromatic heterocycles. The largest absolute Gasteiger partial charge is 0.341 e. The second-order valence-electron chi connectivity index (χ2n) is 5.43. The summed E-state index contributed by atoms with van der Waals surface area (Å²) in [6.07, 6.45) is 7.00. The zero-order valence-electron chi connectivity index (χ0n) is 12.9. The predicted molar refractivity (Wildman–Crippen MR) is 93.6 cm³/mol. The lowest BCUT2D eigenvalue weighted by Gasteiger charge is -2.17. The lowest BCUT2D eigenvalue weighted by Crippen LogP contribution is -2.40. The molecule has 1 N–H and O–H groups in total. The molecule has 1 fully saturated rings. The summed E-state index contributed by atoms with van der Waals surface area (Å²) in [5, 5.41) is 3.37. The van der Waals surface area contributed by atoms with Gasteiger partial charge in [0.05, 0.1) is 0 Å². The van der Waals surface area contributed by atoms with Crippen LogP contribution in [0, 0.1) is 0 Å².